The van der Waals surface area contributed by atoms with Crippen molar-refractivity contribution in [3.8, 4) is 0 Å². The molecular weight excluding hydrogens is 406 g/mol. The van der Waals surface area contributed by atoms with E-state index in [1.165, 1.54) is 0 Å². The SMILES string of the molecule is CCC(C)c1nc(C)c(Cc2ccc([N+](=O)[O-])cc2)c(N2CCN(C(=O)C3CC3)CC2)n1. The van der Waals surface area contributed by atoms with Gasteiger partial charge in [0.2, 0.25) is 5.91 Å². The molecule has 0 bridgehead atoms. The van der Waals surface area contributed by atoms with E-state index in [0.29, 0.717) is 25.4 Å². The molecule has 2 aromatic rings. The van der Waals surface area contributed by atoms with Gasteiger partial charge in [-0.1, -0.05) is 26.0 Å². The highest BCUT2D eigenvalue weighted by Crippen LogP contribution is 2.32. The van der Waals surface area contributed by atoms with E-state index in [1.807, 2.05) is 11.8 Å². The molecule has 2 fully saturated rings. The number of carbonyl (C=O) groups excluding carboxylic acids is 1. The number of non-ortho nitro benzene ring substituents is 1. The summed E-state index contributed by atoms with van der Waals surface area (Å²) in [7, 11) is 0. The largest absolute Gasteiger partial charge is 0.353 e. The third-order valence-corrected chi connectivity index (χ3v) is 6.61. The molecule has 32 heavy (non-hydrogen) atoms. The maximum absolute atomic E-state index is 12.5. The zero-order valence-electron chi connectivity index (χ0n) is 19.1. The molecule has 2 heterocycles. The summed E-state index contributed by atoms with van der Waals surface area (Å²) in [6.45, 7) is 9.23. The van der Waals surface area contributed by atoms with Gasteiger partial charge < -0.3 is 9.80 Å². The Morgan fingerprint density at radius 1 is 1.16 bits per heavy atom. The Morgan fingerprint density at radius 2 is 1.81 bits per heavy atom. The van der Waals surface area contributed by atoms with Crippen molar-refractivity contribution in [3.63, 3.8) is 0 Å². The Hall–Kier alpha value is -3.03. The molecule has 4 rings (SSSR count). The first-order valence-corrected chi connectivity index (χ1v) is 11.5. The first-order chi connectivity index (χ1) is 15.4. The van der Waals surface area contributed by atoms with E-state index >= 15 is 0 Å². The molecule has 1 aromatic heterocycles. The fourth-order valence-corrected chi connectivity index (χ4v) is 4.14. The second-order valence-electron chi connectivity index (χ2n) is 8.97. The predicted molar refractivity (Wildman–Crippen MR) is 123 cm³/mol. The van der Waals surface area contributed by atoms with Gasteiger partial charge in [0, 0.05) is 67.8 Å². The van der Waals surface area contributed by atoms with Crippen LogP contribution in [0.3, 0.4) is 0 Å². The standard InChI is InChI=1S/C24H31N5O3/c1-4-16(2)22-25-17(3)21(15-18-5-9-20(10-6-18)29(31)32)23(26-22)27-11-13-28(14-12-27)24(30)19-7-8-19/h5-6,9-10,16,19H,4,7-8,11-15H2,1-3H3. The van der Waals surface area contributed by atoms with E-state index < -0.39 is 0 Å². The average Bonchev–Trinajstić information content (AvgIpc) is 3.65. The number of nitro benzene ring substituents is 1. The number of amides is 1. The molecule has 170 valence electrons. The number of carbonyl (C=O) groups is 1. The van der Waals surface area contributed by atoms with Gasteiger partial charge in [0.15, 0.2) is 0 Å². The van der Waals surface area contributed by atoms with Crippen LogP contribution in [0.15, 0.2) is 24.3 Å². The lowest BCUT2D eigenvalue weighted by atomic mass is 10.0. The summed E-state index contributed by atoms with van der Waals surface area (Å²) in [5.41, 5.74) is 3.07. The summed E-state index contributed by atoms with van der Waals surface area (Å²) < 4.78 is 0. The number of hydrogen-bond acceptors (Lipinski definition) is 6. The van der Waals surface area contributed by atoms with Crippen molar-refractivity contribution in [2.24, 2.45) is 5.92 Å². The molecule has 1 unspecified atom stereocenters. The summed E-state index contributed by atoms with van der Waals surface area (Å²) >= 11 is 0. The fraction of sp³-hybridized carbons (Fsp3) is 0.542. The summed E-state index contributed by atoms with van der Waals surface area (Å²) in [4.78, 5) is 37.1. The third kappa shape index (κ3) is 4.74. The van der Waals surface area contributed by atoms with Gasteiger partial charge in [-0.15, -0.1) is 0 Å². The third-order valence-electron chi connectivity index (χ3n) is 6.61. The van der Waals surface area contributed by atoms with Gasteiger partial charge in [0.25, 0.3) is 5.69 Å². The number of rotatable bonds is 7. The van der Waals surface area contributed by atoms with E-state index in [2.05, 4.69) is 18.7 Å². The van der Waals surface area contributed by atoms with Crippen molar-refractivity contribution >= 4 is 17.4 Å². The smallest absolute Gasteiger partial charge is 0.269 e. The molecule has 8 nitrogen and oxygen atoms in total. The average molecular weight is 438 g/mol. The van der Waals surface area contributed by atoms with E-state index in [-0.39, 0.29) is 22.4 Å². The molecule has 2 aliphatic rings. The zero-order valence-corrected chi connectivity index (χ0v) is 19.1. The lowest BCUT2D eigenvalue weighted by Gasteiger charge is -2.37. The number of piperazine rings is 1. The molecule has 1 saturated carbocycles. The minimum absolute atomic E-state index is 0.0884. The molecular formula is C24H31N5O3. The monoisotopic (exact) mass is 437 g/mol. The zero-order chi connectivity index (χ0) is 22.8. The van der Waals surface area contributed by atoms with Gasteiger partial charge in [0.05, 0.1) is 4.92 Å². The molecule has 1 aliphatic heterocycles. The summed E-state index contributed by atoms with van der Waals surface area (Å²) in [5.74, 6) is 2.60. The van der Waals surface area contributed by atoms with E-state index in [4.69, 9.17) is 9.97 Å². The minimum Gasteiger partial charge on any atom is -0.353 e. The Labute approximate surface area is 188 Å². The number of aryl methyl sites for hydroxylation is 1. The number of nitrogens with zero attached hydrogens (tertiary/aromatic N) is 5. The molecule has 0 radical (unpaired) electrons. The van der Waals surface area contributed by atoms with Gasteiger partial charge in [-0.05, 0) is 31.7 Å². The van der Waals surface area contributed by atoms with Crippen LogP contribution in [0.1, 0.15) is 61.7 Å². The number of hydrogen-bond donors (Lipinski definition) is 0. The Bertz CT molecular complexity index is 995. The molecule has 0 N–H and O–H groups in total. The summed E-state index contributed by atoms with van der Waals surface area (Å²) in [5, 5.41) is 11.0. The molecule has 1 atom stereocenters. The lowest BCUT2D eigenvalue weighted by molar-refractivity contribution is -0.384. The summed E-state index contributed by atoms with van der Waals surface area (Å²) in [6, 6.07) is 6.69. The first kappa shape index (κ1) is 22.2. The van der Waals surface area contributed by atoms with Crippen LogP contribution < -0.4 is 4.90 Å². The van der Waals surface area contributed by atoms with Crippen molar-refractivity contribution in [3.05, 3.63) is 57.0 Å². The Kier molecular flexibility index (Phi) is 6.39. The van der Waals surface area contributed by atoms with Crippen LogP contribution >= 0.6 is 0 Å². The van der Waals surface area contributed by atoms with Gasteiger partial charge in [-0.2, -0.15) is 0 Å². The Morgan fingerprint density at radius 3 is 2.38 bits per heavy atom. The van der Waals surface area contributed by atoms with Gasteiger partial charge >= 0.3 is 0 Å². The fourth-order valence-electron chi connectivity index (χ4n) is 4.14. The second kappa shape index (κ2) is 9.22. The number of anilines is 1. The quantitative estimate of drug-likeness (QED) is 0.482. The molecule has 1 saturated heterocycles. The van der Waals surface area contributed by atoms with Crippen LogP contribution in [0.5, 0.6) is 0 Å². The van der Waals surface area contributed by atoms with Gasteiger partial charge in [-0.3, -0.25) is 14.9 Å². The van der Waals surface area contributed by atoms with Crippen molar-refractivity contribution < 1.29 is 9.72 Å². The number of nitro groups is 1. The first-order valence-electron chi connectivity index (χ1n) is 11.5. The van der Waals surface area contributed by atoms with E-state index in [0.717, 1.165) is 60.8 Å². The maximum Gasteiger partial charge on any atom is 0.269 e. The highest BCUT2D eigenvalue weighted by Gasteiger charge is 2.35. The van der Waals surface area contributed by atoms with Crippen LogP contribution in [-0.4, -0.2) is 51.9 Å². The van der Waals surface area contributed by atoms with Crippen LogP contribution in [0.25, 0.3) is 0 Å². The lowest BCUT2D eigenvalue weighted by Crippen LogP contribution is -2.49. The van der Waals surface area contributed by atoms with E-state index in [9.17, 15) is 14.9 Å². The summed E-state index contributed by atoms with van der Waals surface area (Å²) in [6.07, 6.45) is 3.63. The van der Waals surface area contributed by atoms with Crippen LogP contribution in [-0.2, 0) is 11.2 Å². The van der Waals surface area contributed by atoms with Crippen molar-refractivity contribution in [2.75, 3.05) is 31.1 Å². The van der Waals surface area contributed by atoms with Crippen molar-refractivity contribution in [1.82, 2.24) is 14.9 Å². The number of benzene rings is 1. The molecule has 1 amide bonds. The van der Waals surface area contributed by atoms with Crippen LogP contribution in [0.2, 0.25) is 0 Å². The van der Waals surface area contributed by atoms with Gasteiger partial charge in [-0.25, -0.2) is 9.97 Å². The Balaban J connectivity index is 1.60. The second-order valence-corrected chi connectivity index (χ2v) is 8.97. The normalized spacial score (nSPS) is 17.3. The van der Waals surface area contributed by atoms with Crippen LogP contribution in [0, 0.1) is 23.0 Å². The van der Waals surface area contributed by atoms with E-state index in [1.54, 1.807) is 24.3 Å². The van der Waals surface area contributed by atoms with Crippen molar-refractivity contribution in [2.45, 2.75) is 52.4 Å². The van der Waals surface area contributed by atoms with Gasteiger partial charge in [0.1, 0.15) is 11.6 Å². The molecule has 1 aliphatic carbocycles. The number of aromatic nitrogens is 2. The minimum atomic E-state index is -0.382. The highest BCUT2D eigenvalue weighted by molar-refractivity contribution is 5.81. The topological polar surface area (TPSA) is 92.5 Å². The van der Waals surface area contributed by atoms with Crippen LogP contribution in [0.4, 0.5) is 11.5 Å². The highest BCUT2D eigenvalue weighted by atomic mass is 16.6. The molecule has 1 aromatic carbocycles. The van der Waals surface area contributed by atoms with Crippen molar-refractivity contribution in [1.29, 1.82) is 0 Å². The maximum atomic E-state index is 12.5. The predicted octanol–water partition coefficient (Wildman–Crippen LogP) is 3.86. The molecule has 0 spiro atoms. The molecule has 8 heteroatoms.